The number of aromatic nitrogens is 1. The number of nitrogens with two attached hydrogens (primary N) is 1. The molecule has 3 N–H and O–H groups in total. The van der Waals surface area contributed by atoms with Crippen LogP contribution in [0.3, 0.4) is 0 Å². The summed E-state index contributed by atoms with van der Waals surface area (Å²) in [6.07, 6.45) is 0. The van der Waals surface area contributed by atoms with E-state index < -0.39 is 11.1 Å². The fraction of sp³-hybridized carbons (Fsp3) is 0. The van der Waals surface area contributed by atoms with E-state index in [9.17, 15) is 4.21 Å². The van der Waals surface area contributed by atoms with Crippen LogP contribution in [0.15, 0.2) is 23.2 Å². The first kappa shape index (κ1) is 7.17. The van der Waals surface area contributed by atoms with Gasteiger partial charge in [0.15, 0.2) is 5.03 Å². The van der Waals surface area contributed by atoms with Gasteiger partial charge in [0.2, 0.25) is 11.1 Å². The highest BCUT2D eigenvalue weighted by Gasteiger charge is 1.99. The monoisotopic (exact) mass is 158 g/mol. The Bertz CT molecular complexity index is 264. The second-order valence-electron chi connectivity index (χ2n) is 1.65. The third-order valence-corrected chi connectivity index (χ3v) is 1.51. The minimum absolute atomic E-state index is 0.0833. The van der Waals surface area contributed by atoms with Crippen molar-refractivity contribution in [3.05, 3.63) is 18.2 Å². The average Bonchev–Trinajstić information content (AvgIpc) is 1.88. The van der Waals surface area contributed by atoms with Gasteiger partial charge in [0.25, 0.3) is 0 Å². The van der Waals surface area contributed by atoms with Gasteiger partial charge in [0, 0.05) is 0 Å². The highest BCUT2D eigenvalue weighted by atomic mass is 32.2. The number of nitrogen functional groups attached to an aromatic ring is 1. The molecule has 1 heterocycles. The molecule has 0 spiro atoms. The van der Waals surface area contributed by atoms with Gasteiger partial charge < -0.3 is 10.3 Å². The van der Waals surface area contributed by atoms with Gasteiger partial charge in [-0.25, -0.2) is 9.19 Å². The van der Waals surface area contributed by atoms with Crippen molar-refractivity contribution in [1.82, 2.24) is 4.98 Å². The van der Waals surface area contributed by atoms with Gasteiger partial charge in [-0.15, -0.1) is 0 Å². The molecule has 1 aromatic rings. The minimum atomic E-state index is -2.03. The average molecular weight is 158 g/mol. The first-order valence-electron chi connectivity index (χ1n) is 2.53. The van der Waals surface area contributed by atoms with Crippen LogP contribution in [0.5, 0.6) is 0 Å². The number of pyridine rings is 1. The van der Waals surface area contributed by atoms with E-state index in [2.05, 4.69) is 4.98 Å². The van der Waals surface area contributed by atoms with Gasteiger partial charge in [-0.2, -0.15) is 0 Å². The molecular weight excluding hydrogens is 152 g/mol. The van der Waals surface area contributed by atoms with E-state index in [0.29, 0.717) is 0 Å². The third kappa shape index (κ3) is 1.52. The van der Waals surface area contributed by atoms with E-state index in [-0.39, 0.29) is 10.8 Å². The van der Waals surface area contributed by atoms with Crippen LogP contribution in [0.1, 0.15) is 0 Å². The van der Waals surface area contributed by atoms with Crippen molar-refractivity contribution in [2.24, 2.45) is 0 Å². The normalized spacial score (nSPS) is 12.9. The molecule has 1 atom stereocenters. The van der Waals surface area contributed by atoms with Crippen LogP contribution in [0.2, 0.25) is 0 Å². The summed E-state index contributed by atoms with van der Waals surface area (Å²) in [6, 6.07) is 4.56. The van der Waals surface area contributed by atoms with E-state index >= 15 is 0 Å². The van der Waals surface area contributed by atoms with Gasteiger partial charge >= 0.3 is 0 Å². The van der Waals surface area contributed by atoms with E-state index in [1.54, 1.807) is 12.1 Å². The maximum Gasteiger partial charge on any atom is 0.205 e. The number of anilines is 1. The Kier molecular flexibility index (Phi) is 1.98. The second-order valence-corrected chi connectivity index (χ2v) is 2.57. The summed E-state index contributed by atoms with van der Waals surface area (Å²) < 4.78 is 18.8. The molecular formula is C5H6N2O2S. The Hall–Kier alpha value is -0.940. The predicted molar refractivity (Wildman–Crippen MR) is 37.7 cm³/mol. The fourth-order valence-corrected chi connectivity index (χ4v) is 0.907. The molecule has 1 unspecified atom stereocenters. The minimum Gasteiger partial charge on any atom is -0.384 e. The molecule has 0 aliphatic carbocycles. The van der Waals surface area contributed by atoms with Crippen molar-refractivity contribution in [2.45, 2.75) is 5.03 Å². The standard InChI is InChI=1S/C5H6N2O2S/c6-4-2-1-3-5(7-4)10(8)9/h1-3H,(H2,6,7)(H,8,9). The fourth-order valence-electron chi connectivity index (χ4n) is 0.528. The van der Waals surface area contributed by atoms with Crippen LogP contribution >= 0.6 is 0 Å². The van der Waals surface area contributed by atoms with Crippen LogP contribution in [0.25, 0.3) is 0 Å². The van der Waals surface area contributed by atoms with Crippen LogP contribution in [0, 0.1) is 0 Å². The molecule has 0 bridgehead atoms. The first-order valence-corrected chi connectivity index (χ1v) is 3.64. The summed E-state index contributed by atoms with van der Waals surface area (Å²) in [6.45, 7) is 0. The van der Waals surface area contributed by atoms with Crippen molar-refractivity contribution in [2.75, 3.05) is 5.73 Å². The molecule has 54 valence electrons. The Morgan fingerprint density at radius 3 is 2.70 bits per heavy atom. The van der Waals surface area contributed by atoms with Gasteiger partial charge in [-0.3, -0.25) is 0 Å². The molecule has 0 radical (unpaired) electrons. The maximum atomic E-state index is 10.3. The SMILES string of the molecule is Nc1cccc(S(=O)O)n1. The summed E-state index contributed by atoms with van der Waals surface area (Å²) >= 11 is -2.03. The lowest BCUT2D eigenvalue weighted by atomic mass is 10.5. The molecule has 0 aliphatic heterocycles. The molecule has 0 amide bonds. The zero-order chi connectivity index (χ0) is 7.56. The Morgan fingerprint density at radius 1 is 1.60 bits per heavy atom. The predicted octanol–water partition coefficient (Wildman–Crippen LogP) is 0.244. The summed E-state index contributed by atoms with van der Waals surface area (Å²) in [4.78, 5) is 3.60. The summed E-state index contributed by atoms with van der Waals surface area (Å²) in [5.74, 6) is 0.250. The van der Waals surface area contributed by atoms with Crippen molar-refractivity contribution in [3.8, 4) is 0 Å². The van der Waals surface area contributed by atoms with Crippen LogP contribution in [-0.4, -0.2) is 13.7 Å². The molecule has 1 aromatic heterocycles. The molecule has 1 rings (SSSR count). The van der Waals surface area contributed by atoms with Crippen molar-refractivity contribution in [1.29, 1.82) is 0 Å². The molecule has 5 heteroatoms. The zero-order valence-corrected chi connectivity index (χ0v) is 5.84. The Labute approximate surface area is 60.4 Å². The quantitative estimate of drug-likeness (QED) is 0.574. The lowest BCUT2D eigenvalue weighted by molar-refractivity contribution is 0.560. The van der Waals surface area contributed by atoms with Gasteiger partial charge in [0.05, 0.1) is 0 Å². The number of hydrogen-bond acceptors (Lipinski definition) is 3. The van der Waals surface area contributed by atoms with Crippen molar-refractivity contribution < 1.29 is 8.76 Å². The Morgan fingerprint density at radius 2 is 2.30 bits per heavy atom. The number of nitrogens with zero attached hydrogens (tertiary/aromatic N) is 1. The summed E-state index contributed by atoms with van der Waals surface area (Å²) in [5.41, 5.74) is 5.24. The van der Waals surface area contributed by atoms with E-state index in [4.69, 9.17) is 10.3 Å². The second kappa shape index (κ2) is 2.76. The number of hydrogen-bond donors (Lipinski definition) is 2. The highest BCUT2D eigenvalue weighted by molar-refractivity contribution is 7.79. The maximum absolute atomic E-state index is 10.3. The van der Waals surface area contributed by atoms with Gasteiger partial charge in [0.1, 0.15) is 5.82 Å². The third-order valence-electron chi connectivity index (χ3n) is 0.924. The first-order chi connectivity index (χ1) is 4.70. The molecule has 4 nitrogen and oxygen atoms in total. The molecule has 0 fully saturated rings. The van der Waals surface area contributed by atoms with Crippen LogP contribution in [-0.2, 0) is 11.1 Å². The van der Waals surface area contributed by atoms with Crippen LogP contribution in [0.4, 0.5) is 5.82 Å². The lowest BCUT2D eigenvalue weighted by Crippen LogP contribution is -1.96. The molecule has 0 aromatic carbocycles. The zero-order valence-electron chi connectivity index (χ0n) is 5.02. The van der Waals surface area contributed by atoms with E-state index in [0.717, 1.165) is 0 Å². The molecule has 0 saturated carbocycles. The van der Waals surface area contributed by atoms with Gasteiger partial charge in [-0.05, 0) is 12.1 Å². The van der Waals surface area contributed by atoms with Crippen molar-refractivity contribution >= 4 is 16.9 Å². The largest absolute Gasteiger partial charge is 0.384 e. The molecule has 0 saturated heterocycles. The molecule has 10 heavy (non-hydrogen) atoms. The smallest absolute Gasteiger partial charge is 0.205 e. The summed E-state index contributed by atoms with van der Waals surface area (Å²) in [5, 5.41) is 0.0833. The summed E-state index contributed by atoms with van der Waals surface area (Å²) in [7, 11) is 0. The highest BCUT2D eigenvalue weighted by Crippen LogP contribution is 2.02. The molecule has 0 aliphatic rings. The Balaban J connectivity index is 3.07. The topological polar surface area (TPSA) is 76.2 Å². The number of rotatable bonds is 1. The van der Waals surface area contributed by atoms with E-state index in [1.807, 2.05) is 0 Å². The van der Waals surface area contributed by atoms with Crippen molar-refractivity contribution in [3.63, 3.8) is 0 Å². The lowest BCUT2D eigenvalue weighted by Gasteiger charge is -1.93. The van der Waals surface area contributed by atoms with Gasteiger partial charge in [-0.1, -0.05) is 6.07 Å². The van der Waals surface area contributed by atoms with E-state index in [1.165, 1.54) is 6.07 Å². The van der Waals surface area contributed by atoms with Crippen LogP contribution < -0.4 is 5.73 Å².